The van der Waals surface area contributed by atoms with Crippen molar-refractivity contribution in [2.24, 2.45) is 5.73 Å². The highest BCUT2D eigenvalue weighted by Gasteiger charge is 2.18. The number of halogens is 1. The minimum Gasteiger partial charge on any atom is -0.330 e. The molecule has 0 unspecified atom stereocenters. The van der Waals surface area contributed by atoms with Gasteiger partial charge in [-0.05, 0) is 30.7 Å². The third-order valence-electron chi connectivity index (χ3n) is 3.24. The lowest BCUT2D eigenvalue weighted by Crippen LogP contribution is -2.09. The Morgan fingerprint density at radius 3 is 3.06 bits per heavy atom. The summed E-state index contributed by atoms with van der Waals surface area (Å²) in [5.41, 5.74) is 9.07. The van der Waals surface area contributed by atoms with Crippen molar-refractivity contribution in [1.82, 2.24) is 15.1 Å². The van der Waals surface area contributed by atoms with Crippen LogP contribution in [0, 0.1) is 5.82 Å². The van der Waals surface area contributed by atoms with Crippen LogP contribution in [0.1, 0.15) is 16.8 Å². The zero-order valence-corrected chi connectivity index (χ0v) is 9.99. The van der Waals surface area contributed by atoms with E-state index in [0.29, 0.717) is 18.7 Å². The van der Waals surface area contributed by atoms with Gasteiger partial charge in [0, 0.05) is 18.7 Å². The first-order chi connectivity index (χ1) is 8.79. The molecule has 1 aliphatic heterocycles. The third kappa shape index (κ3) is 1.81. The zero-order valence-electron chi connectivity index (χ0n) is 9.99. The summed E-state index contributed by atoms with van der Waals surface area (Å²) in [5, 5.41) is 7.49. The van der Waals surface area contributed by atoms with E-state index in [4.69, 9.17) is 5.73 Å². The van der Waals surface area contributed by atoms with Crippen LogP contribution in [0.4, 0.5) is 4.39 Å². The molecule has 5 heteroatoms. The van der Waals surface area contributed by atoms with Gasteiger partial charge in [0.25, 0.3) is 0 Å². The van der Waals surface area contributed by atoms with Crippen LogP contribution < -0.4 is 11.1 Å². The lowest BCUT2D eigenvalue weighted by molar-refractivity contribution is 0.601. The summed E-state index contributed by atoms with van der Waals surface area (Å²) in [7, 11) is 0. The number of rotatable bonds is 3. The molecule has 2 heterocycles. The van der Waals surface area contributed by atoms with Gasteiger partial charge in [-0.1, -0.05) is 6.07 Å². The first-order valence-electron chi connectivity index (χ1n) is 6.05. The van der Waals surface area contributed by atoms with Crippen molar-refractivity contribution < 1.29 is 4.39 Å². The second-order valence-electron chi connectivity index (χ2n) is 4.46. The monoisotopic (exact) mass is 246 g/mol. The van der Waals surface area contributed by atoms with Crippen LogP contribution in [0.3, 0.4) is 0 Å². The smallest absolute Gasteiger partial charge is 0.149 e. The number of benzene rings is 1. The van der Waals surface area contributed by atoms with Crippen LogP contribution in [-0.4, -0.2) is 16.3 Å². The number of aromatic nitrogens is 2. The molecule has 3 N–H and O–H groups in total. The Labute approximate surface area is 105 Å². The maximum absolute atomic E-state index is 14.1. The minimum absolute atomic E-state index is 0.251. The molecule has 0 saturated carbocycles. The van der Waals surface area contributed by atoms with Crippen molar-refractivity contribution in [3.05, 3.63) is 47.0 Å². The van der Waals surface area contributed by atoms with Crippen molar-refractivity contribution in [1.29, 1.82) is 0 Å². The zero-order chi connectivity index (χ0) is 12.5. The van der Waals surface area contributed by atoms with E-state index in [2.05, 4.69) is 10.4 Å². The Bertz CT molecular complexity index is 576. The number of hydrogen-bond acceptors (Lipinski definition) is 3. The summed E-state index contributed by atoms with van der Waals surface area (Å²) in [4.78, 5) is 0. The summed E-state index contributed by atoms with van der Waals surface area (Å²) < 4.78 is 15.8. The van der Waals surface area contributed by atoms with E-state index in [1.165, 1.54) is 0 Å². The number of fused-ring (bicyclic) bond motifs is 1. The molecule has 94 valence electrons. The predicted molar refractivity (Wildman–Crippen MR) is 66.8 cm³/mol. The topological polar surface area (TPSA) is 55.9 Å². The average Bonchev–Trinajstić information content (AvgIpc) is 2.92. The maximum atomic E-state index is 14.1. The Hall–Kier alpha value is -1.72. The molecular weight excluding hydrogens is 231 g/mol. The first-order valence-corrected chi connectivity index (χ1v) is 6.05. The van der Waals surface area contributed by atoms with Crippen molar-refractivity contribution in [2.45, 2.75) is 19.5 Å². The van der Waals surface area contributed by atoms with E-state index in [1.807, 2.05) is 6.07 Å². The number of nitrogens with zero attached hydrogens (tertiary/aromatic N) is 2. The molecule has 0 aliphatic carbocycles. The fourth-order valence-electron chi connectivity index (χ4n) is 2.31. The quantitative estimate of drug-likeness (QED) is 0.853. The van der Waals surface area contributed by atoms with Gasteiger partial charge in [-0.3, -0.25) is 0 Å². The van der Waals surface area contributed by atoms with Gasteiger partial charge in [0.2, 0.25) is 0 Å². The highest BCUT2D eigenvalue weighted by molar-refractivity contribution is 5.39. The summed E-state index contributed by atoms with van der Waals surface area (Å²) in [6, 6.07) is 5.21. The Morgan fingerprint density at radius 1 is 1.39 bits per heavy atom. The molecule has 1 aromatic carbocycles. The van der Waals surface area contributed by atoms with E-state index in [1.54, 1.807) is 23.0 Å². The fraction of sp³-hybridized carbons (Fsp3) is 0.308. The molecule has 0 spiro atoms. The molecule has 0 radical (unpaired) electrons. The van der Waals surface area contributed by atoms with Crippen LogP contribution in [0.5, 0.6) is 0 Å². The van der Waals surface area contributed by atoms with Crippen LogP contribution in [0.15, 0.2) is 24.4 Å². The Balaban J connectivity index is 2.01. The molecule has 0 amide bonds. The van der Waals surface area contributed by atoms with Crippen molar-refractivity contribution >= 4 is 0 Å². The fourth-order valence-corrected chi connectivity index (χ4v) is 2.31. The normalized spacial score (nSPS) is 13.9. The molecule has 1 aromatic heterocycles. The maximum Gasteiger partial charge on any atom is 0.149 e. The van der Waals surface area contributed by atoms with Gasteiger partial charge in [-0.2, -0.15) is 5.10 Å². The van der Waals surface area contributed by atoms with E-state index in [0.717, 1.165) is 29.9 Å². The molecule has 4 nitrogen and oxygen atoms in total. The van der Waals surface area contributed by atoms with Crippen LogP contribution in [-0.2, 0) is 19.5 Å². The molecule has 0 atom stereocenters. The van der Waals surface area contributed by atoms with Gasteiger partial charge in [-0.15, -0.1) is 0 Å². The number of hydrogen-bond donors (Lipinski definition) is 2. The van der Waals surface area contributed by atoms with Gasteiger partial charge >= 0.3 is 0 Å². The second-order valence-corrected chi connectivity index (χ2v) is 4.46. The predicted octanol–water partition coefficient (Wildman–Crippen LogP) is 1.12. The summed E-state index contributed by atoms with van der Waals surface area (Å²) in [6.07, 6.45) is 2.48. The van der Waals surface area contributed by atoms with Crippen molar-refractivity contribution in [2.75, 3.05) is 6.54 Å². The van der Waals surface area contributed by atoms with E-state index in [9.17, 15) is 4.39 Å². The van der Waals surface area contributed by atoms with Gasteiger partial charge in [-0.25, -0.2) is 9.07 Å². The number of nitrogens with two attached hydrogens (primary N) is 1. The molecule has 18 heavy (non-hydrogen) atoms. The molecule has 0 saturated heterocycles. The highest BCUT2D eigenvalue weighted by atomic mass is 19.1. The van der Waals surface area contributed by atoms with E-state index < -0.39 is 0 Å². The van der Waals surface area contributed by atoms with Gasteiger partial charge in [0.05, 0.1) is 11.9 Å². The van der Waals surface area contributed by atoms with Crippen LogP contribution >= 0.6 is 0 Å². The van der Waals surface area contributed by atoms with E-state index >= 15 is 0 Å². The largest absolute Gasteiger partial charge is 0.330 e. The Kier molecular flexibility index (Phi) is 2.85. The third-order valence-corrected chi connectivity index (χ3v) is 3.24. The molecule has 1 aliphatic rings. The van der Waals surface area contributed by atoms with Gasteiger partial charge in [0.15, 0.2) is 0 Å². The summed E-state index contributed by atoms with van der Waals surface area (Å²) >= 11 is 0. The van der Waals surface area contributed by atoms with Crippen LogP contribution in [0.25, 0.3) is 5.69 Å². The summed E-state index contributed by atoms with van der Waals surface area (Å²) in [5.74, 6) is -0.251. The average molecular weight is 246 g/mol. The standard InChI is InChI=1S/C13H15FN4/c14-11-5-9(3-4-15)1-2-12(11)18-13-8-16-6-10(13)7-17-18/h1-2,5,7,16H,3-4,6,8,15H2. The van der Waals surface area contributed by atoms with Gasteiger partial charge in [0.1, 0.15) is 11.5 Å². The lowest BCUT2D eigenvalue weighted by Gasteiger charge is -2.08. The molecule has 3 rings (SSSR count). The van der Waals surface area contributed by atoms with Crippen LogP contribution in [0.2, 0.25) is 0 Å². The van der Waals surface area contributed by atoms with Gasteiger partial charge < -0.3 is 11.1 Å². The SMILES string of the molecule is NCCc1ccc(-n2ncc3c2CNC3)c(F)c1. The molecule has 0 fully saturated rings. The van der Waals surface area contributed by atoms with Crippen molar-refractivity contribution in [3.63, 3.8) is 0 Å². The lowest BCUT2D eigenvalue weighted by atomic mass is 10.1. The Morgan fingerprint density at radius 2 is 2.28 bits per heavy atom. The highest BCUT2D eigenvalue weighted by Crippen LogP contribution is 2.21. The second kappa shape index (κ2) is 4.51. The summed E-state index contributed by atoms with van der Waals surface area (Å²) in [6.45, 7) is 2.07. The number of nitrogens with one attached hydrogen (secondary N) is 1. The molecule has 2 aromatic rings. The van der Waals surface area contributed by atoms with E-state index in [-0.39, 0.29) is 5.82 Å². The first kappa shape index (κ1) is 11.4. The van der Waals surface area contributed by atoms with Crippen molar-refractivity contribution in [3.8, 4) is 5.69 Å². The minimum atomic E-state index is -0.251. The molecular formula is C13H15FN4. The molecule has 0 bridgehead atoms.